The van der Waals surface area contributed by atoms with Gasteiger partial charge in [-0.25, -0.2) is 4.39 Å². The highest BCUT2D eigenvalue weighted by atomic mass is 19.1. The predicted molar refractivity (Wildman–Crippen MR) is 96.5 cm³/mol. The van der Waals surface area contributed by atoms with Crippen molar-refractivity contribution in [2.45, 2.75) is 24.9 Å². The van der Waals surface area contributed by atoms with Crippen LogP contribution in [0.5, 0.6) is 5.75 Å². The van der Waals surface area contributed by atoms with Gasteiger partial charge in [0, 0.05) is 12.8 Å². The summed E-state index contributed by atoms with van der Waals surface area (Å²) in [4.78, 5) is 4.49. The minimum Gasteiger partial charge on any atom is -0.492 e. The lowest BCUT2D eigenvalue weighted by atomic mass is 9.88. The molecular weight excluding hydrogens is 319 g/mol. The van der Waals surface area contributed by atoms with Crippen molar-refractivity contribution in [2.24, 2.45) is 4.99 Å². The molecule has 132 valence electrons. The van der Waals surface area contributed by atoms with Crippen LogP contribution in [-0.4, -0.2) is 36.2 Å². The molecule has 0 saturated heterocycles. The largest absolute Gasteiger partial charge is 0.492 e. The Morgan fingerprint density at radius 2 is 1.88 bits per heavy atom. The van der Waals surface area contributed by atoms with Gasteiger partial charge in [0.15, 0.2) is 0 Å². The second kappa shape index (κ2) is 8.12. The molecule has 0 amide bonds. The van der Waals surface area contributed by atoms with Gasteiger partial charge in [0.1, 0.15) is 18.2 Å². The van der Waals surface area contributed by atoms with Crippen LogP contribution in [0.4, 0.5) is 4.39 Å². The number of halogens is 1. The Kier molecular flexibility index (Phi) is 5.66. The zero-order valence-electron chi connectivity index (χ0n) is 14.1. The minimum absolute atomic E-state index is 0.273. The highest BCUT2D eigenvalue weighted by molar-refractivity contribution is 5.82. The van der Waals surface area contributed by atoms with Crippen molar-refractivity contribution >= 4 is 5.84 Å². The molecule has 1 aliphatic heterocycles. The predicted octanol–water partition coefficient (Wildman–Crippen LogP) is 2.96. The summed E-state index contributed by atoms with van der Waals surface area (Å²) in [7, 11) is 0. The van der Waals surface area contributed by atoms with E-state index in [0.29, 0.717) is 38.3 Å². The quantitative estimate of drug-likeness (QED) is 0.794. The Morgan fingerprint density at radius 1 is 1.12 bits per heavy atom. The van der Waals surface area contributed by atoms with Crippen molar-refractivity contribution in [3.8, 4) is 5.75 Å². The van der Waals surface area contributed by atoms with E-state index in [0.717, 1.165) is 17.8 Å². The zero-order valence-corrected chi connectivity index (χ0v) is 14.1. The van der Waals surface area contributed by atoms with Gasteiger partial charge in [-0.2, -0.15) is 0 Å². The molecule has 0 aromatic heterocycles. The van der Waals surface area contributed by atoms with Crippen molar-refractivity contribution in [1.82, 2.24) is 5.32 Å². The highest BCUT2D eigenvalue weighted by Crippen LogP contribution is 2.23. The van der Waals surface area contributed by atoms with Crippen LogP contribution in [0.15, 0.2) is 59.6 Å². The van der Waals surface area contributed by atoms with Crippen LogP contribution in [0, 0.1) is 5.82 Å². The van der Waals surface area contributed by atoms with Crippen LogP contribution < -0.4 is 10.1 Å². The van der Waals surface area contributed by atoms with E-state index in [2.05, 4.69) is 10.3 Å². The van der Waals surface area contributed by atoms with Crippen LogP contribution in [0.25, 0.3) is 0 Å². The van der Waals surface area contributed by atoms with E-state index in [4.69, 9.17) is 4.74 Å². The number of hydrogen-bond acceptors (Lipinski definition) is 4. The molecule has 5 heteroatoms. The molecule has 0 aliphatic carbocycles. The smallest absolute Gasteiger partial charge is 0.123 e. The van der Waals surface area contributed by atoms with E-state index in [9.17, 15) is 9.50 Å². The number of nitrogens with one attached hydrogen (secondary N) is 1. The molecule has 0 saturated carbocycles. The maximum atomic E-state index is 12.8. The summed E-state index contributed by atoms with van der Waals surface area (Å²) in [6.07, 6.45) is 2.03. The van der Waals surface area contributed by atoms with Crippen molar-refractivity contribution in [3.05, 3.63) is 66.0 Å². The van der Waals surface area contributed by atoms with Crippen molar-refractivity contribution in [2.75, 3.05) is 19.7 Å². The fraction of sp³-hybridized carbons (Fsp3) is 0.350. The maximum Gasteiger partial charge on any atom is 0.123 e. The van der Waals surface area contributed by atoms with Gasteiger partial charge in [-0.3, -0.25) is 4.99 Å². The molecule has 0 radical (unpaired) electrons. The van der Waals surface area contributed by atoms with Gasteiger partial charge >= 0.3 is 0 Å². The molecule has 25 heavy (non-hydrogen) atoms. The summed E-state index contributed by atoms with van der Waals surface area (Å²) in [5, 5.41) is 13.9. The third kappa shape index (κ3) is 5.29. The van der Waals surface area contributed by atoms with Gasteiger partial charge in [0.05, 0.1) is 24.5 Å². The lowest BCUT2D eigenvalue weighted by molar-refractivity contribution is 0.0388. The molecule has 2 aromatic carbocycles. The first kappa shape index (κ1) is 17.4. The maximum absolute atomic E-state index is 12.8. The first-order valence-electron chi connectivity index (χ1n) is 8.55. The summed E-state index contributed by atoms with van der Waals surface area (Å²) >= 11 is 0. The summed E-state index contributed by atoms with van der Waals surface area (Å²) in [5.41, 5.74) is 0.362. The molecular formula is C20H23FN2O2. The third-order valence-corrected chi connectivity index (χ3v) is 4.28. The Bertz CT molecular complexity index is 703. The molecule has 0 fully saturated rings. The number of aliphatic imine (C=N–C) groups is 1. The Morgan fingerprint density at radius 3 is 2.56 bits per heavy atom. The van der Waals surface area contributed by atoms with Gasteiger partial charge < -0.3 is 15.2 Å². The second-order valence-corrected chi connectivity index (χ2v) is 6.38. The molecule has 1 heterocycles. The highest BCUT2D eigenvalue weighted by Gasteiger charge is 2.30. The zero-order chi connectivity index (χ0) is 17.5. The first-order valence-corrected chi connectivity index (χ1v) is 8.55. The molecule has 3 rings (SSSR count). The average molecular weight is 342 g/mol. The summed E-state index contributed by atoms with van der Waals surface area (Å²) < 4.78 is 18.4. The fourth-order valence-corrected chi connectivity index (χ4v) is 2.91. The number of nitrogens with zero attached hydrogens (tertiary/aromatic N) is 1. The molecule has 0 bridgehead atoms. The SMILES string of the molecule is OC1(Cc2ccccc2)CCC(NCCOc2ccc(F)cc2)=NC1. The lowest BCUT2D eigenvalue weighted by Crippen LogP contribution is -2.42. The topological polar surface area (TPSA) is 53.8 Å². The van der Waals surface area contributed by atoms with Gasteiger partial charge in [-0.1, -0.05) is 30.3 Å². The lowest BCUT2D eigenvalue weighted by Gasteiger charge is -2.31. The number of hydrogen-bond donors (Lipinski definition) is 2. The van der Waals surface area contributed by atoms with Crippen LogP contribution in [0.1, 0.15) is 18.4 Å². The number of benzene rings is 2. The molecule has 1 atom stereocenters. The molecule has 2 aromatic rings. The molecule has 1 aliphatic rings. The van der Waals surface area contributed by atoms with Gasteiger partial charge in [-0.15, -0.1) is 0 Å². The summed E-state index contributed by atoms with van der Waals surface area (Å²) in [6.45, 7) is 1.50. The Labute approximate surface area is 147 Å². The molecule has 4 nitrogen and oxygen atoms in total. The van der Waals surface area contributed by atoms with E-state index in [1.54, 1.807) is 12.1 Å². The monoisotopic (exact) mass is 342 g/mol. The summed E-state index contributed by atoms with van der Waals surface area (Å²) in [6, 6.07) is 16.0. The standard InChI is InChI=1S/C20H23FN2O2/c21-17-6-8-18(9-7-17)25-13-12-22-19-10-11-20(24,15-23-19)14-16-4-2-1-3-5-16/h1-9,24H,10-15H2,(H,22,23). The Balaban J connectivity index is 1.41. The van der Waals surface area contributed by atoms with Crippen molar-refractivity contribution in [3.63, 3.8) is 0 Å². The van der Waals surface area contributed by atoms with E-state index in [1.165, 1.54) is 12.1 Å². The molecule has 0 spiro atoms. The van der Waals surface area contributed by atoms with E-state index in [1.807, 2.05) is 30.3 Å². The van der Waals surface area contributed by atoms with Gasteiger partial charge in [0.2, 0.25) is 0 Å². The van der Waals surface area contributed by atoms with Gasteiger partial charge in [0.25, 0.3) is 0 Å². The third-order valence-electron chi connectivity index (χ3n) is 4.28. The minimum atomic E-state index is -0.767. The average Bonchev–Trinajstić information content (AvgIpc) is 2.62. The normalized spacial score (nSPS) is 20.0. The van der Waals surface area contributed by atoms with Crippen LogP contribution in [0.3, 0.4) is 0 Å². The van der Waals surface area contributed by atoms with E-state index >= 15 is 0 Å². The summed E-state index contributed by atoms with van der Waals surface area (Å²) in [5.74, 6) is 1.27. The fourth-order valence-electron chi connectivity index (χ4n) is 2.91. The van der Waals surface area contributed by atoms with Crippen LogP contribution >= 0.6 is 0 Å². The van der Waals surface area contributed by atoms with Crippen LogP contribution in [-0.2, 0) is 6.42 Å². The van der Waals surface area contributed by atoms with Crippen LogP contribution in [0.2, 0.25) is 0 Å². The van der Waals surface area contributed by atoms with Crippen molar-refractivity contribution in [1.29, 1.82) is 0 Å². The second-order valence-electron chi connectivity index (χ2n) is 6.38. The van der Waals surface area contributed by atoms with Crippen molar-refractivity contribution < 1.29 is 14.2 Å². The van der Waals surface area contributed by atoms with E-state index in [-0.39, 0.29) is 5.82 Å². The number of ether oxygens (including phenoxy) is 1. The number of aliphatic hydroxyl groups is 1. The molecule has 2 N–H and O–H groups in total. The first-order chi connectivity index (χ1) is 12.1. The molecule has 1 unspecified atom stereocenters. The Hall–Kier alpha value is -2.40. The van der Waals surface area contributed by atoms with E-state index < -0.39 is 5.60 Å². The number of rotatable bonds is 6. The number of amidine groups is 1. The van der Waals surface area contributed by atoms with Gasteiger partial charge in [-0.05, 0) is 36.2 Å².